The highest BCUT2D eigenvalue weighted by atomic mass is 35.5. The number of nitrogens with one attached hydrogen (secondary N) is 1. The summed E-state index contributed by atoms with van der Waals surface area (Å²) in [4.78, 5) is 24.2. The predicted octanol–water partition coefficient (Wildman–Crippen LogP) is 3.75. The Kier molecular flexibility index (Phi) is 6.69. The van der Waals surface area contributed by atoms with Gasteiger partial charge < -0.3 is 10.1 Å². The van der Waals surface area contributed by atoms with Gasteiger partial charge in [-0.15, -0.1) is 10.2 Å². The minimum absolute atomic E-state index is 0.0528. The summed E-state index contributed by atoms with van der Waals surface area (Å²) in [6.45, 7) is 2.05. The van der Waals surface area contributed by atoms with E-state index in [1.165, 1.54) is 18.4 Å². The highest BCUT2D eigenvalue weighted by Crippen LogP contribution is 2.24. The molecule has 2 rings (SSSR count). The number of carbonyl (C=O) groups excluding carboxylic acids is 2. The van der Waals surface area contributed by atoms with Crippen molar-refractivity contribution in [2.45, 2.75) is 32.6 Å². The van der Waals surface area contributed by atoms with Crippen molar-refractivity contribution in [2.24, 2.45) is 0 Å². The number of aryl methyl sites for hydroxylation is 1. The highest BCUT2D eigenvalue weighted by molar-refractivity contribution is 7.15. The molecule has 24 heavy (non-hydrogen) atoms. The number of hydrogen-bond acceptors (Lipinski definition) is 6. The lowest BCUT2D eigenvalue weighted by Crippen LogP contribution is -2.13. The van der Waals surface area contributed by atoms with Crippen LogP contribution in [0.2, 0.25) is 5.02 Å². The van der Waals surface area contributed by atoms with E-state index >= 15 is 0 Å². The fraction of sp³-hybridized carbons (Fsp3) is 0.375. The monoisotopic (exact) mass is 367 g/mol. The molecule has 0 radical (unpaired) electrons. The quantitative estimate of drug-likeness (QED) is 0.718. The molecule has 0 spiro atoms. The van der Waals surface area contributed by atoms with Crippen molar-refractivity contribution in [2.75, 3.05) is 12.4 Å². The molecule has 0 aliphatic rings. The van der Waals surface area contributed by atoms with Gasteiger partial charge in [-0.2, -0.15) is 0 Å². The second-order valence-electron chi connectivity index (χ2n) is 5.07. The highest BCUT2D eigenvalue weighted by Gasteiger charge is 2.15. The van der Waals surface area contributed by atoms with Crippen LogP contribution in [-0.2, 0) is 11.2 Å². The van der Waals surface area contributed by atoms with Crippen molar-refractivity contribution in [1.29, 1.82) is 0 Å². The summed E-state index contributed by atoms with van der Waals surface area (Å²) >= 11 is 7.26. The molecule has 0 aliphatic carbocycles. The lowest BCUT2D eigenvalue weighted by molar-refractivity contribution is -0.116. The van der Waals surface area contributed by atoms with E-state index in [0.717, 1.165) is 17.8 Å². The van der Waals surface area contributed by atoms with Crippen LogP contribution >= 0.6 is 22.9 Å². The number of methoxy groups -OCH3 is 1. The number of Topliss-reactive ketones (excluding diaryl/α,β-unsaturated/α-hetero) is 1. The molecule has 0 aliphatic heterocycles. The zero-order valence-electron chi connectivity index (χ0n) is 13.5. The summed E-state index contributed by atoms with van der Waals surface area (Å²) in [5.41, 5.74) is 0.374. The first-order valence-electron chi connectivity index (χ1n) is 7.52. The number of benzene rings is 1. The first kappa shape index (κ1) is 18.4. The number of anilines is 1. The maximum absolute atomic E-state index is 12.3. The molecule has 0 atom stereocenters. The van der Waals surface area contributed by atoms with Crippen LogP contribution in [0, 0.1) is 0 Å². The van der Waals surface area contributed by atoms with Crippen molar-refractivity contribution in [3.63, 3.8) is 0 Å². The van der Waals surface area contributed by atoms with Crippen LogP contribution in [0.1, 0.15) is 41.6 Å². The minimum atomic E-state index is -0.274. The largest absolute Gasteiger partial charge is 0.496 e. The Hall–Kier alpha value is -1.99. The maximum atomic E-state index is 12.3. The average molecular weight is 368 g/mol. The van der Waals surface area contributed by atoms with Gasteiger partial charge in [-0.1, -0.05) is 29.9 Å². The number of aromatic nitrogens is 2. The van der Waals surface area contributed by atoms with E-state index in [2.05, 4.69) is 22.4 Å². The van der Waals surface area contributed by atoms with Crippen LogP contribution in [0.25, 0.3) is 0 Å². The average Bonchev–Trinajstić information content (AvgIpc) is 3.00. The van der Waals surface area contributed by atoms with Gasteiger partial charge in [0.05, 0.1) is 12.7 Å². The second-order valence-corrected chi connectivity index (χ2v) is 6.57. The van der Waals surface area contributed by atoms with Crippen molar-refractivity contribution in [1.82, 2.24) is 10.2 Å². The molecule has 1 N–H and O–H groups in total. The van der Waals surface area contributed by atoms with Crippen LogP contribution < -0.4 is 10.1 Å². The van der Waals surface area contributed by atoms with Gasteiger partial charge >= 0.3 is 0 Å². The van der Waals surface area contributed by atoms with Crippen LogP contribution in [0.5, 0.6) is 5.75 Å². The fourth-order valence-electron chi connectivity index (χ4n) is 2.06. The topological polar surface area (TPSA) is 81.2 Å². The molecule has 1 aromatic heterocycles. The molecular weight excluding hydrogens is 350 g/mol. The number of ketones is 1. The predicted molar refractivity (Wildman–Crippen MR) is 94.1 cm³/mol. The van der Waals surface area contributed by atoms with E-state index in [-0.39, 0.29) is 24.5 Å². The molecule has 8 heteroatoms. The Morgan fingerprint density at radius 2 is 2.08 bits per heavy atom. The summed E-state index contributed by atoms with van der Waals surface area (Å²) in [7, 11) is 1.48. The SMILES string of the molecule is CCCc1nnc(NC(=O)CCC(=O)c2cc(Cl)ccc2OC)s1. The Balaban J connectivity index is 1.91. The zero-order chi connectivity index (χ0) is 17.5. The normalized spacial score (nSPS) is 10.5. The van der Waals surface area contributed by atoms with Crippen molar-refractivity contribution in [3.8, 4) is 5.75 Å². The number of rotatable bonds is 8. The molecule has 0 saturated heterocycles. The van der Waals surface area contributed by atoms with Gasteiger partial charge in [0.15, 0.2) is 5.78 Å². The third-order valence-corrected chi connectivity index (χ3v) is 4.35. The lowest BCUT2D eigenvalue weighted by atomic mass is 10.1. The van der Waals surface area contributed by atoms with E-state index in [0.29, 0.717) is 21.5 Å². The van der Waals surface area contributed by atoms with E-state index in [1.54, 1.807) is 18.2 Å². The maximum Gasteiger partial charge on any atom is 0.226 e. The van der Waals surface area contributed by atoms with Crippen molar-refractivity contribution >= 4 is 39.8 Å². The number of carbonyl (C=O) groups is 2. The van der Waals surface area contributed by atoms with Crippen LogP contribution in [0.15, 0.2) is 18.2 Å². The van der Waals surface area contributed by atoms with Crippen molar-refractivity contribution in [3.05, 3.63) is 33.8 Å². The second kappa shape index (κ2) is 8.75. The van der Waals surface area contributed by atoms with Gasteiger partial charge in [-0.05, 0) is 24.6 Å². The fourth-order valence-corrected chi connectivity index (χ4v) is 3.09. The summed E-state index contributed by atoms with van der Waals surface area (Å²) in [5.74, 6) is -0.0323. The summed E-state index contributed by atoms with van der Waals surface area (Å²) < 4.78 is 5.15. The van der Waals surface area contributed by atoms with Gasteiger partial charge in [0.1, 0.15) is 10.8 Å². The molecule has 1 heterocycles. The Labute approximate surface area is 149 Å². The molecule has 1 aromatic carbocycles. The third-order valence-electron chi connectivity index (χ3n) is 3.22. The molecule has 0 unspecified atom stereocenters. The van der Waals surface area contributed by atoms with Gasteiger partial charge in [0.2, 0.25) is 11.0 Å². The summed E-state index contributed by atoms with van der Waals surface area (Å²) in [6, 6.07) is 4.82. The Morgan fingerprint density at radius 3 is 2.79 bits per heavy atom. The summed E-state index contributed by atoms with van der Waals surface area (Å²) in [6.07, 6.45) is 1.92. The number of amides is 1. The lowest BCUT2D eigenvalue weighted by Gasteiger charge is -2.08. The summed E-state index contributed by atoms with van der Waals surface area (Å²) in [5, 5.41) is 12.3. The van der Waals surface area contributed by atoms with E-state index < -0.39 is 0 Å². The first-order valence-corrected chi connectivity index (χ1v) is 8.72. The zero-order valence-corrected chi connectivity index (χ0v) is 15.0. The number of halogens is 1. The molecule has 1 amide bonds. The third kappa shape index (κ3) is 5.01. The number of hydrogen-bond donors (Lipinski definition) is 1. The number of nitrogens with zero attached hydrogens (tertiary/aromatic N) is 2. The smallest absolute Gasteiger partial charge is 0.226 e. The van der Waals surface area contributed by atoms with Crippen LogP contribution in [0.3, 0.4) is 0 Å². The molecule has 0 fully saturated rings. The molecule has 0 bridgehead atoms. The van der Waals surface area contributed by atoms with Crippen LogP contribution in [-0.4, -0.2) is 29.0 Å². The molecular formula is C16H18ClN3O3S. The van der Waals surface area contributed by atoms with E-state index in [9.17, 15) is 9.59 Å². The van der Waals surface area contributed by atoms with Crippen LogP contribution in [0.4, 0.5) is 5.13 Å². The Morgan fingerprint density at radius 1 is 1.29 bits per heavy atom. The van der Waals surface area contributed by atoms with Gasteiger partial charge in [0, 0.05) is 24.3 Å². The van der Waals surface area contributed by atoms with Crippen molar-refractivity contribution < 1.29 is 14.3 Å². The molecule has 128 valence electrons. The first-order chi connectivity index (χ1) is 11.5. The van der Waals surface area contributed by atoms with E-state index in [4.69, 9.17) is 16.3 Å². The molecule has 6 nitrogen and oxygen atoms in total. The molecule has 0 saturated carbocycles. The van der Waals surface area contributed by atoms with Gasteiger partial charge in [-0.3, -0.25) is 9.59 Å². The van der Waals surface area contributed by atoms with Gasteiger partial charge in [-0.25, -0.2) is 0 Å². The minimum Gasteiger partial charge on any atom is -0.496 e. The van der Waals surface area contributed by atoms with Gasteiger partial charge in [0.25, 0.3) is 0 Å². The Bertz CT molecular complexity index is 733. The molecule has 2 aromatic rings. The van der Waals surface area contributed by atoms with E-state index in [1.807, 2.05) is 0 Å². The standard InChI is InChI=1S/C16H18ClN3O3S/c1-3-4-15-19-20-16(24-15)18-14(22)8-6-12(21)11-9-10(17)5-7-13(11)23-2/h5,7,9H,3-4,6,8H2,1-2H3,(H,18,20,22). The number of ether oxygens (including phenoxy) is 1.